The van der Waals surface area contributed by atoms with Gasteiger partial charge in [0.05, 0.1) is 4.90 Å². The molecule has 0 aromatic heterocycles. The Kier molecular flexibility index (Phi) is 4.16. The molecule has 2 unspecified atom stereocenters. The summed E-state index contributed by atoms with van der Waals surface area (Å²) in [6.45, 7) is 2.14. The second-order valence-electron chi connectivity index (χ2n) is 5.42. The van der Waals surface area contributed by atoms with Gasteiger partial charge in [-0.3, -0.25) is 0 Å². The molecule has 0 aliphatic heterocycles. The molecule has 4 nitrogen and oxygen atoms in total. The van der Waals surface area contributed by atoms with Crippen molar-refractivity contribution >= 4 is 15.7 Å². The number of rotatable bonds is 3. The summed E-state index contributed by atoms with van der Waals surface area (Å²) in [5.41, 5.74) is 6.18. The highest BCUT2D eigenvalue weighted by Crippen LogP contribution is 2.30. The predicted molar refractivity (Wildman–Crippen MR) is 77.2 cm³/mol. The first-order valence-electron chi connectivity index (χ1n) is 6.76. The van der Waals surface area contributed by atoms with Gasteiger partial charge in [0.25, 0.3) is 0 Å². The van der Waals surface area contributed by atoms with Crippen LogP contribution < -0.4 is 5.73 Å². The fourth-order valence-electron chi connectivity index (χ4n) is 2.82. The van der Waals surface area contributed by atoms with E-state index in [2.05, 4.69) is 6.92 Å². The van der Waals surface area contributed by atoms with Crippen molar-refractivity contribution in [2.75, 3.05) is 12.8 Å². The van der Waals surface area contributed by atoms with E-state index in [1.807, 2.05) is 0 Å². The highest BCUT2D eigenvalue weighted by molar-refractivity contribution is 7.89. The van der Waals surface area contributed by atoms with Crippen LogP contribution in [0.5, 0.6) is 0 Å². The zero-order valence-corrected chi connectivity index (χ0v) is 12.4. The molecule has 2 N–H and O–H groups in total. The first-order valence-corrected chi connectivity index (χ1v) is 8.20. The molecule has 0 spiro atoms. The molecule has 19 heavy (non-hydrogen) atoms. The van der Waals surface area contributed by atoms with Crippen LogP contribution in [0.2, 0.25) is 0 Å². The number of hydrogen-bond donors (Lipinski definition) is 1. The SMILES string of the molecule is CC1CCCCC1N(C)S(=O)(=O)c1ccc(N)cc1. The van der Waals surface area contributed by atoms with Crippen molar-refractivity contribution in [2.24, 2.45) is 5.92 Å². The molecule has 0 amide bonds. The van der Waals surface area contributed by atoms with Crippen LogP contribution in [-0.4, -0.2) is 25.8 Å². The molecule has 1 aliphatic carbocycles. The molecule has 5 heteroatoms. The maximum absolute atomic E-state index is 12.6. The highest BCUT2D eigenvalue weighted by Gasteiger charge is 2.32. The molecule has 1 fully saturated rings. The largest absolute Gasteiger partial charge is 0.399 e. The number of anilines is 1. The van der Waals surface area contributed by atoms with E-state index in [0.29, 0.717) is 16.5 Å². The van der Waals surface area contributed by atoms with Gasteiger partial charge in [0.2, 0.25) is 10.0 Å². The minimum absolute atomic E-state index is 0.108. The van der Waals surface area contributed by atoms with E-state index in [1.54, 1.807) is 35.6 Å². The van der Waals surface area contributed by atoms with Crippen LogP contribution in [0.25, 0.3) is 0 Å². The molecule has 1 aliphatic rings. The first-order chi connectivity index (χ1) is 8.93. The molecule has 1 aromatic carbocycles. The molecule has 1 saturated carbocycles. The average molecular weight is 282 g/mol. The van der Waals surface area contributed by atoms with Crippen molar-refractivity contribution in [3.05, 3.63) is 24.3 Å². The summed E-state index contributed by atoms with van der Waals surface area (Å²) < 4.78 is 26.7. The van der Waals surface area contributed by atoms with Crippen molar-refractivity contribution in [1.29, 1.82) is 0 Å². The lowest BCUT2D eigenvalue weighted by atomic mass is 9.86. The zero-order chi connectivity index (χ0) is 14.0. The number of hydrogen-bond acceptors (Lipinski definition) is 3. The summed E-state index contributed by atoms with van der Waals surface area (Å²) in [7, 11) is -1.72. The van der Waals surface area contributed by atoms with Gasteiger partial charge in [-0.2, -0.15) is 4.31 Å². The molecule has 0 saturated heterocycles. The smallest absolute Gasteiger partial charge is 0.243 e. The number of benzene rings is 1. The monoisotopic (exact) mass is 282 g/mol. The van der Waals surface area contributed by atoms with Gasteiger partial charge in [-0.25, -0.2) is 8.42 Å². The molecule has 0 heterocycles. The lowest BCUT2D eigenvalue weighted by Gasteiger charge is -2.35. The Morgan fingerprint density at radius 3 is 2.32 bits per heavy atom. The van der Waals surface area contributed by atoms with Gasteiger partial charge < -0.3 is 5.73 Å². The summed E-state index contributed by atoms with van der Waals surface area (Å²) in [5.74, 6) is 0.419. The maximum Gasteiger partial charge on any atom is 0.243 e. The highest BCUT2D eigenvalue weighted by atomic mass is 32.2. The summed E-state index contributed by atoms with van der Waals surface area (Å²) in [4.78, 5) is 0.321. The maximum atomic E-state index is 12.6. The van der Waals surface area contributed by atoms with Crippen molar-refractivity contribution in [1.82, 2.24) is 4.31 Å². The van der Waals surface area contributed by atoms with E-state index >= 15 is 0 Å². The number of nitrogens with zero attached hydrogens (tertiary/aromatic N) is 1. The van der Waals surface area contributed by atoms with Crippen molar-refractivity contribution in [2.45, 2.75) is 43.5 Å². The standard InChI is InChI=1S/C14H22N2O2S/c1-11-5-3-4-6-14(11)16(2)19(17,18)13-9-7-12(15)8-10-13/h7-11,14H,3-6,15H2,1-2H3. The van der Waals surface area contributed by atoms with Crippen LogP contribution in [-0.2, 0) is 10.0 Å². The molecule has 106 valence electrons. The van der Waals surface area contributed by atoms with E-state index in [4.69, 9.17) is 5.73 Å². The Balaban J connectivity index is 2.25. The lowest BCUT2D eigenvalue weighted by Crippen LogP contribution is -2.42. The van der Waals surface area contributed by atoms with Gasteiger partial charge in [-0.15, -0.1) is 0 Å². The van der Waals surface area contributed by atoms with E-state index < -0.39 is 10.0 Å². The number of nitrogen functional groups attached to an aromatic ring is 1. The third-order valence-corrected chi connectivity index (χ3v) is 5.99. The summed E-state index contributed by atoms with van der Waals surface area (Å²) in [5, 5.41) is 0. The molecule has 1 aromatic rings. The van der Waals surface area contributed by atoms with Crippen LogP contribution >= 0.6 is 0 Å². The quantitative estimate of drug-likeness (QED) is 0.866. The molecular weight excluding hydrogens is 260 g/mol. The molecule has 0 radical (unpaired) electrons. The van der Waals surface area contributed by atoms with Crippen molar-refractivity contribution in [3.63, 3.8) is 0 Å². The van der Waals surface area contributed by atoms with Crippen LogP contribution in [0.1, 0.15) is 32.6 Å². The van der Waals surface area contributed by atoms with E-state index in [0.717, 1.165) is 19.3 Å². The second kappa shape index (κ2) is 5.51. The Morgan fingerprint density at radius 1 is 1.16 bits per heavy atom. The summed E-state index contributed by atoms with van der Waals surface area (Å²) >= 11 is 0. The van der Waals surface area contributed by atoms with Crippen molar-refractivity contribution in [3.8, 4) is 0 Å². The fraction of sp³-hybridized carbons (Fsp3) is 0.571. The Morgan fingerprint density at radius 2 is 1.74 bits per heavy atom. The normalized spacial score (nSPS) is 24.6. The summed E-state index contributed by atoms with van der Waals surface area (Å²) in [6.07, 6.45) is 4.36. The van der Waals surface area contributed by atoms with Crippen LogP contribution in [0.15, 0.2) is 29.2 Å². The predicted octanol–water partition coefficient (Wildman–Crippen LogP) is 2.47. The van der Waals surface area contributed by atoms with Gasteiger partial charge in [0, 0.05) is 18.8 Å². The fourth-order valence-corrected chi connectivity index (χ4v) is 4.30. The topological polar surface area (TPSA) is 63.4 Å². The van der Waals surface area contributed by atoms with E-state index in [1.165, 1.54) is 6.42 Å². The molecule has 2 atom stereocenters. The van der Waals surface area contributed by atoms with Gasteiger partial charge >= 0.3 is 0 Å². The van der Waals surface area contributed by atoms with Crippen LogP contribution in [0, 0.1) is 5.92 Å². The minimum Gasteiger partial charge on any atom is -0.399 e. The lowest BCUT2D eigenvalue weighted by molar-refractivity contribution is 0.213. The van der Waals surface area contributed by atoms with Gasteiger partial charge in [0.1, 0.15) is 0 Å². The van der Waals surface area contributed by atoms with Crippen LogP contribution in [0.3, 0.4) is 0 Å². The minimum atomic E-state index is -3.41. The van der Waals surface area contributed by atoms with Gasteiger partial charge in [-0.05, 0) is 43.0 Å². The zero-order valence-electron chi connectivity index (χ0n) is 11.5. The molecule has 2 rings (SSSR count). The second-order valence-corrected chi connectivity index (χ2v) is 7.42. The van der Waals surface area contributed by atoms with Gasteiger partial charge in [0.15, 0.2) is 0 Å². The first kappa shape index (κ1) is 14.3. The summed E-state index contributed by atoms with van der Waals surface area (Å²) in [6, 6.07) is 6.52. The van der Waals surface area contributed by atoms with Crippen molar-refractivity contribution < 1.29 is 8.42 Å². The third-order valence-electron chi connectivity index (χ3n) is 4.09. The van der Waals surface area contributed by atoms with Crippen LogP contribution in [0.4, 0.5) is 5.69 Å². The van der Waals surface area contributed by atoms with E-state index in [9.17, 15) is 8.42 Å². The molecule has 0 bridgehead atoms. The van der Waals surface area contributed by atoms with E-state index in [-0.39, 0.29) is 6.04 Å². The molecular formula is C14H22N2O2S. The Bertz CT molecular complexity index is 525. The third kappa shape index (κ3) is 2.92. The number of nitrogens with two attached hydrogens (primary N) is 1. The number of sulfonamides is 1. The Labute approximate surface area is 115 Å². The average Bonchev–Trinajstić information content (AvgIpc) is 2.39. The van der Waals surface area contributed by atoms with Gasteiger partial charge in [-0.1, -0.05) is 19.8 Å². The Hall–Kier alpha value is -1.07.